The number of thioether (sulfide) groups is 1. The molecule has 1 aliphatic rings. The molecule has 1 saturated heterocycles. The van der Waals surface area contributed by atoms with Gasteiger partial charge in [0.15, 0.2) is 6.17 Å². The summed E-state index contributed by atoms with van der Waals surface area (Å²) in [5.74, 6) is 1.59. The van der Waals surface area contributed by atoms with Gasteiger partial charge in [0.1, 0.15) is 28.8 Å². The lowest BCUT2D eigenvalue weighted by Crippen LogP contribution is -2.35. The van der Waals surface area contributed by atoms with Gasteiger partial charge >= 0.3 is 5.69 Å². The Bertz CT molecular complexity index is 1160. The van der Waals surface area contributed by atoms with Crippen LogP contribution in [0.1, 0.15) is 16.5 Å². The van der Waals surface area contributed by atoms with E-state index in [1.165, 1.54) is 28.6 Å². The third kappa shape index (κ3) is 6.14. The number of nitrogens with zero attached hydrogens (tertiary/aromatic N) is 2. The van der Waals surface area contributed by atoms with Crippen LogP contribution in [0.15, 0.2) is 65.6 Å². The molecule has 10 heteroatoms. The zero-order valence-electron chi connectivity index (χ0n) is 19.5. The molecular weight excluding hydrogens is 473 g/mol. The van der Waals surface area contributed by atoms with Crippen molar-refractivity contribution in [3.8, 4) is 11.5 Å². The number of ether oxygens (including phenoxy) is 4. The lowest BCUT2D eigenvalue weighted by Gasteiger charge is -2.21. The first kappa shape index (κ1) is 25.0. The number of benzene rings is 2. The van der Waals surface area contributed by atoms with Crippen molar-refractivity contribution < 1.29 is 23.3 Å². The van der Waals surface area contributed by atoms with E-state index in [1.54, 1.807) is 14.2 Å². The number of hydrogen-bond acceptors (Lipinski definition) is 8. The number of anilines is 1. The molecule has 2 N–H and O–H groups in total. The maximum atomic E-state index is 15.7. The van der Waals surface area contributed by atoms with E-state index in [4.69, 9.17) is 24.7 Å². The van der Waals surface area contributed by atoms with E-state index in [9.17, 15) is 4.79 Å². The summed E-state index contributed by atoms with van der Waals surface area (Å²) >= 11 is 1.30. The highest BCUT2D eigenvalue weighted by Crippen LogP contribution is 2.45. The van der Waals surface area contributed by atoms with E-state index < -0.39 is 23.3 Å². The van der Waals surface area contributed by atoms with Crippen LogP contribution >= 0.6 is 11.8 Å². The molecule has 0 bridgehead atoms. The van der Waals surface area contributed by atoms with Crippen LogP contribution in [0.25, 0.3) is 0 Å². The zero-order valence-corrected chi connectivity index (χ0v) is 20.3. The summed E-state index contributed by atoms with van der Waals surface area (Å²) in [6.07, 6.45) is -0.765. The number of alkyl halides is 1. The van der Waals surface area contributed by atoms with Crippen LogP contribution in [-0.2, 0) is 22.7 Å². The van der Waals surface area contributed by atoms with Gasteiger partial charge < -0.3 is 24.7 Å². The molecule has 0 amide bonds. The molecule has 35 heavy (non-hydrogen) atoms. The molecular formula is C25H28FN3O5S. The number of nitrogen functional groups attached to an aromatic ring is 1. The topological polar surface area (TPSA) is 97.8 Å². The van der Waals surface area contributed by atoms with Gasteiger partial charge in [0, 0.05) is 6.20 Å². The Morgan fingerprint density at radius 3 is 2.14 bits per heavy atom. The van der Waals surface area contributed by atoms with E-state index in [0.29, 0.717) is 6.61 Å². The molecule has 0 spiro atoms. The molecule has 0 radical (unpaired) electrons. The standard InChI is InChI=1S/C25H28FN3O5S/c1-31-18-7-3-16(4-8-18)13-33-15-20-23(34-14-17-5-9-19(32-2)10-6-17)22(26)24(35-20)29-12-11-21(27)28-25(29)30/h3-12,20,22-24H,13-15H2,1-2H3,(H2,27,28,30)/t20-,22+,23-,24?/m1/s1. The minimum absolute atomic E-state index is 0.0938. The fourth-order valence-corrected chi connectivity index (χ4v) is 5.31. The van der Waals surface area contributed by atoms with E-state index in [2.05, 4.69) is 4.98 Å². The second-order valence-corrected chi connectivity index (χ2v) is 9.40. The van der Waals surface area contributed by atoms with Gasteiger partial charge in [-0.05, 0) is 41.5 Å². The SMILES string of the molecule is COc1ccc(COC[C@H]2SC(n3ccc(N)nc3=O)[C@@H](F)[C@@H]2OCc2ccc(OC)cc2)cc1. The number of rotatable bonds is 10. The number of halogens is 1. The fourth-order valence-electron chi connectivity index (χ4n) is 3.80. The lowest BCUT2D eigenvalue weighted by atomic mass is 10.1. The van der Waals surface area contributed by atoms with Gasteiger partial charge in [-0.15, -0.1) is 11.8 Å². The maximum absolute atomic E-state index is 15.7. The number of aromatic nitrogens is 2. The van der Waals surface area contributed by atoms with Crippen LogP contribution < -0.4 is 20.9 Å². The smallest absolute Gasteiger partial charge is 0.350 e. The van der Waals surface area contributed by atoms with E-state index in [-0.39, 0.29) is 24.3 Å². The summed E-state index contributed by atoms with van der Waals surface area (Å²) in [6, 6.07) is 16.4. The largest absolute Gasteiger partial charge is 0.497 e. The molecule has 1 aromatic heterocycles. The highest BCUT2D eigenvalue weighted by Gasteiger charge is 2.47. The zero-order chi connectivity index (χ0) is 24.8. The second kappa shape index (κ2) is 11.6. The Hall–Kier alpha value is -3.08. The molecule has 4 atom stereocenters. The molecule has 8 nitrogen and oxygen atoms in total. The predicted octanol–water partition coefficient (Wildman–Crippen LogP) is 3.60. The Balaban J connectivity index is 1.46. The summed E-state index contributed by atoms with van der Waals surface area (Å²) in [5, 5.41) is -1.14. The Kier molecular flexibility index (Phi) is 8.27. The maximum Gasteiger partial charge on any atom is 0.350 e. The first-order chi connectivity index (χ1) is 17.0. The molecule has 0 aliphatic carbocycles. The van der Waals surface area contributed by atoms with E-state index in [1.807, 2.05) is 48.5 Å². The normalized spacial score (nSPS) is 21.7. The van der Waals surface area contributed by atoms with Crippen LogP contribution in [0.3, 0.4) is 0 Å². The van der Waals surface area contributed by atoms with Crippen molar-refractivity contribution in [1.82, 2.24) is 9.55 Å². The van der Waals surface area contributed by atoms with Crippen LogP contribution in [0.2, 0.25) is 0 Å². The Labute approximate surface area is 207 Å². The number of hydrogen-bond donors (Lipinski definition) is 1. The summed E-state index contributed by atoms with van der Waals surface area (Å²) in [6.45, 7) is 0.821. The third-order valence-electron chi connectivity index (χ3n) is 5.70. The van der Waals surface area contributed by atoms with Crippen molar-refractivity contribution in [3.05, 3.63) is 82.4 Å². The average Bonchev–Trinajstić information content (AvgIpc) is 3.18. The van der Waals surface area contributed by atoms with Crippen molar-refractivity contribution in [1.29, 1.82) is 0 Å². The fraction of sp³-hybridized carbons (Fsp3) is 0.360. The molecule has 186 valence electrons. The average molecular weight is 502 g/mol. The highest BCUT2D eigenvalue weighted by atomic mass is 32.2. The van der Waals surface area contributed by atoms with Gasteiger partial charge in [-0.2, -0.15) is 4.98 Å². The molecule has 1 unspecified atom stereocenters. The van der Waals surface area contributed by atoms with Gasteiger partial charge in [0.2, 0.25) is 0 Å². The molecule has 2 heterocycles. The van der Waals surface area contributed by atoms with Crippen molar-refractivity contribution in [2.24, 2.45) is 0 Å². The van der Waals surface area contributed by atoms with Crippen LogP contribution in [0.5, 0.6) is 11.5 Å². The van der Waals surface area contributed by atoms with Crippen LogP contribution in [-0.4, -0.2) is 47.9 Å². The van der Waals surface area contributed by atoms with Crippen molar-refractivity contribution >= 4 is 17.6 Å². The second-order valence-electron chi connectivity index (χ2n) is 8.04. The minimum atomic E-state index is -1.45. The van der Waals surface area contributed by atoms with Crippen LogP contribution in [0, 0.1) is 0 Å². The third-order valence-corrected chi connectivity index (χ3v) is 7.22. The van der Waals surface area contributed by atoms with Gasteiger partial charge in [-0.3, -0.25) is 4.57 Å². The lowest BCUT2D eigenvalue weighted by molar-refractivity contribution is -0.0262. The predicted molar refractivity (Wildman–Crippen MR) is 132 cm³/mol. The number of nitrogens with two attached hydrogens (primary N) is 1. The molecule has 1 fully saturated rings. The van der Waals surface area contributed by atoms with Gasteiger partial charge in [-0.25, -0.2) is 9.18 Å². The molecule has 3 aromatic rings. The summed E-state index contributed by atoms with van der Waals surface area (Å²) in [4.78, 5) is 16.1. The first-order valence-electron chi connectivity index (χ1n) is 11.1. The Morgan fingerprint density at radius 1 is 0.971 bits per heavy atom. The Morgan fingerprint density at radius 2 is 1.57 bits per heavy atom. The summed E-state index contributed by atoms with van der Waals surface area (Å²) < 4.78 is 39.3. The van der Waals surface area contributed by atoms with Crippen molar-refractivity contribution in [2.75, 3.05) is 26.6 Å². The minimum Gasteiger partial charge on any atom is -0.497 e. The summed E-state index contributed by atoms with van der Waals surface area (Å²) in [7, 11) is 3.21. The van der Waals surface area contributed by atoms with Gasteiger partial charge in [0.05, 0.1) is 39.3 Å². The number of methoxy groups -OCH3 is 2. The summed E-state index contributed by atoms with van der Waals surface area (Å²) in [5.41, 5.74) is 6.86. The molecule has 0 saturated carbocycles. The van der Waals surface area contributed by atoms with Gasteiger partial charge in [-0.1, -0.05) is 24.3 Å². The quantitative estimate of drug-likeness (QED) is 0.450. The van der Waals surface area contributed by atoms with Gasteiger partial charge in [0.25, 0.3) is 0 Å². The van der Waals surface area contributed by atoms with Crippen molar-refractivity contribution in [3.63, 3.8) is 0 Å². The van der Waals surface area contributed by atoms with Crippen molar-refractivity contribution in [2.45, 2.75) is 36.1 Å². The highest BCUT2D eigenvalue weighted by molar-refractivity contribution is 8.00. The van der Waals surface area contributed by atoms with E-state index >= 15 is 4.39 Å². The monoisotopic (exact) mass is 501 g/mol. The molecule has 4 rings (SSSR count). The molecule has 2 aromatic carbocycles. The molecule has 1 aliphatic heterocycles. The first-order valence-corrected chi connectivity index (χ1v) is 12.0. The van der Waals surface area contributed by atoms with E-state index in [0.717, 1.165) is 22.6 Å². The van der Waals surface area contributed by atoms with Crippen LogP contribution in [0.4, 0.5) is 10.2 Å².